The molecule has 0 bridgehead atoms. The van der Waals surface area contributed by atoms with Crippen molar-refractivity contribution >= 4 is 11.7 Å². The second-order valence-electron chi connectivity index (χ2n) is 4.38. The number of benzene rings is 1. The van der Waals surface area contributed by atoms with Crippen molar-refractivity contribution in [2.75, 3.05) is 19.0 Å². The van der Waals surface area contributed by atoms with E-state index in [-0.39, 0.29) is 17.9 Å². The van der Waals surface area contributed by atoms with Gasteiger partial charge in [-0.05, 0) is 18.2 Å². The summed E-state index contributed by atoms with van der Waals surface area (Å²) in [4.78, 5) is 11.4. The molecule has 2 aromatic rings. The van der Waals surface area contributed by atoms with Crippen molar-refractivity contribution in [1.82, 2.24) is 9.78 Å². The number of methoxy groups -OCH3 is 1. The second kappa shape index (κ2) is 6.85. The average Bonchev–Trinajstić information content (AvgIpc) is 2.93. The van der Waals surface area contributed by atoms with Gasteiger partial charge in [0.05, 0.1) is 37.7 Å². The topological polar surface area (TPSA) is 76.4 Å². The van der Waals surface area contributed by atoms with Gasteiger partial charge in [-0.1, -0.05) is 0 Å². The van der Waals surface area contributed by atoms with E-state index in [2.05, 4.69) is 15.2 Å². The van der Waals surface area contributed by atoms with Crippen LogP contribution in [-0.2, 0) is 17.8 Å². The molecule has 0 fully saturated rings. The molecule has 0 amide bonds. The molecule has 0 unspecified atom stereocenters. The number of nitrogens with zero attached hydrogens (tertiary/aromatic N) is 2. The van der Waals surface area contributed by atoms with Crippen LogP contribution in [0.5, 0.6) is 0 Å². The van der Waals surface area contributed by atoms with Crippen LogP contribution >= 0.6 is 0 Å². The van der Waals surface area contributed by atoms with E-state index in [1.54, 1.807) is 17.1 Å². The first-order valence-corrected chi connectivity index (χ1v) is 6.38. The minimum atomic E-state index is -0.520. The van der Waals surface area contributed by atoms with Crippen molar-refractivity contribution in [3.8, 4) is 0 Å². The normalized spacial score (nSPS) is 10.4. The van der Waals surface area contributed by atoms with Gasteiger partial charge in [-0.3, -0.25) is 4.68 Å². The van der Waals surface area contributed by atoms with Crippen LogP contribution < -0.4 is 5.32 Å². The number of aliphatic hydroxyl groups excluding tert-OH is 1. The standard InChI is InChI=1S/C14H16FN3O3/c1-21-14(20)11-2-3-12(15)13(6-11)16-7-10-8-17-18(9-10)4-5-19/h2-3,6,8-9,16,19H,4-5,7H2,1H3. The molecule has 0 spiro atoms. The fraction of sp³-hybridized carbons (Fsp3) is 0.286. The summed E-state index contributed by atoms with van der Waals surface area (Å²) in [5.41, 5.74) is 1.33. The first-order chi connectivity index (χ1) is 10.1. The lowest BCUT2D eigenvalue weighted by Gasteiger charge is -2.08. The van der Waals surface area contributed by atoms with Crippen molar-refractivity contribution in [2.45, 2.75) is 13.1 Å². The Kier molecular flexibility index (Phi) is 4.89. The minimum Gasteiger partial charge on any atom is -0.465 e. The number of anilines is 1. The molecule has 2 N–H and O–H groups in total. The van der Waals surface area contributed by atoms with E-state index in [0.717, 1.165) is 5.56 Å². The highest BCUT2D eigenvalue weighted by Gasteiger charge is 2.10. The third-order valence-corrected chi connectivity index (χ3v) is 2.89. The molecule has 1 heterocycles. The lowest BCUT2D eigenvalue weighted by atomic mass is 10.2. The van der Waals surface area contributed by atoms with Gasteiger partial charge in [-0.25, -0.2) is 9.18 Å². The monoisotopic (exact) mass is 293 g/mol. The molecule has 1 aromatic carbocycles. The number of aliphatic hydroxyl groups is 1. The van der Waals surface area contributed by atoms with Gasteiger partial charge in [-0.2, -0.15) is 5.10 Å². The molecule has 0 saturated heterocycles. The number of nitrogens with one attached hydrogen (secondary N) is 1. The van der Waals surface area contributed by atoms with Crippen molar-refractivity contribution in [1.29, 1.82) is 0 Å². The summed E-state index contributed by atoms with van der Waals surface area (Å²) in [6.07, 6.45) is 3.38. The Balaban J connectivity index is 2.06. The van der Waals surface area contributed by atoms with E-state index in [9.17, 15) is 9.18 Å². The van der Waals surface area contributed by atoms with Crippen molar-refractivity contribution in [3.63, 3.8) is 0 Å². The summed E-state index contributed by atoms with van der Waals surface area (Å²) in [7, 11) is 1.27. The van der Waals surface area contributed by atoms with Crippen LogP contribution in [0.4, 0.5) is 10.1 Å². The van der Waals surface area contributed by atoms with E-state index >= 15 is 0 Å². The number of halogens is 1. The highest BCUT2D eigenvalue weighted by Crippen LogP contribution is 2.17. The SMILES string of the molecule is COC(=O)c1ccc(F)c(NCc2cnn(CCO)c2)c1. The number of aromatic nitrogens is 2. The third kappa shape index (κ3) is 3.79. The van der Waals surface area contributed by atoms with E-state index in [1.807, 2.05) is 0 Å². The smallest absolute Gasteiger partial charge is 0.337 e. The minimum absolute atomic E-state index is 0.00432. The van der Waals surface area contributed by atoms with Crippen molar-refractivity contribution < 1.29 is 19.0 Å². The second-order valence-corrected chi connectivity index (χ2v) is 4.38. The predicted octanol–water partition coefficient (Wildman–Crippen LogP) is 1.41. The lowest BCUT2D eigenvalue weighted by molar-refractivity contribution is 0.0600. The van der Waals surface area contributed by atoms with Crippen LogP contribution in [0.2, 0.25) is 0 Å². The number of hydrogen-bond acceptors (Lipinski definition) is 5. The summed E-state index contributed by atoms with van der Waals surface area (Å²) < 4.78 is 19.9. The molecular formula is C14H16FN3O3. The zero-order valence-electron chi connectivity index (χ0n) is 11.5. The van der Waals surface area contributed by atoms with Gasteiger partial charge < -0.3 is 15.2 Å². The molecule has 1 aromatic heterocycles. The van der Waals surface area contributed by atoms with Crippen LogP contribution in [0.25, 0.3) is 0 Å². The van der Waals surface area contributed by atoms with Gasteiger partial charge in [0.25, 0.3) is 0 Å². The van der Waals surface area contributed by atoms with Gasteiger partial charge in [0.15, 0.2) is 0 Å². The molecule has 7 heteroatoms. The fourth-order valence-electron chi connectivity index (χ4n) is 1.83. The first-order valence-electron chi connectivity index (χ1n) is 6.38. The summed E-state index contributed by atoms with van der Waals surface area (Å²) in [6.45, 7) is 0.767. The predicted molar refractivity (Wildman–Crippen MR) is 74.4 cm³/mol. The average molecular weight is 293 g/mol. The van der Waals surface area contributed by atoms with Crippen molar-refractivity contribution in [2.24, 2.45) is 0 Å². The Morgan fingerprint density at radius 3 is 3.05 bits per heavy atom. The van der Waals surface area contributed by atoms with Crippen LogP contribution in [-0.4, -0.2) is 34.6 Å². The van der Waals surface area contributed by atoms with Crippen LogP contribution in [0.3, 0.4) is 0 Å². The Morgan fingerprint density at radius 1 is 1.52 bits per heavy atom. The highest BCUT2D eigenvalue weighted by molar-refractivity contribution is 5.90. The van der Waals surface area contributed by atoms with E-state index in [0.29, 0.717) is 13.1 Å². The molecular weight excluding hydrogens is 277 g/mol. The van der Waals surface area contributed by atoms with Crippen LogP contribution in [0.15, 0.2) is 30.6 Å². The number of carbonyl (C=O) groups is 1. The molecule has 2 rings (SSSR count). The molecule has 0 aliphatic carbocycles. The molecule has 0 atom stereocenters. The fourth-order valence-corrected chi connectivity index (χ4v) is 1.83. The van der Waals surface area contributed by atoms with Crippen molar-refractivity contribution in [3.05, 3.63) is 47.5 Å². The summed E-state index contributed by atoms with van der Waals surface area (Å²) in [5.74, 6) is -0.973. The quantitative estimate of drug-likeness (QED) is 0.788. The van der Waals surface area contributed by atoms with Crippen LogP contribution in [0.1, 0.15) is 15.9 Å². The number of hydrogen-bond donors (Lipinski definition) is 2. The molecule has 6 nitrogen and oxygen atoms in total. The maximum atomic E-state index is 13.7. The molecule has 112 valence electrons. The third-order valence-electron chi connectivity index (χ3n) is 2.89. The largest absolute Gasteiger partial charge is 0.465 e. The maximum absolute atomic E-state index is 13.7. The zero-order valence-corrected chi connectivity index (χ0v) is 11.5. The number of esters is 1. The zero-order chi connectivity index (χ0) is 15.2. The summed E-state index contributed by atoms with van der Waals surface area (Å²) in [5, 5.41) is 15.8. The molecule has 0 aliphatic rings. The molecule has 21 heavy (non-hydrogen) atoms. The summed E-state index contributed by atoms with van der Waals surface area (Å²) >= 11 is 0. The van der Waals surface area contributed by atoms with Gasteiger partial charge >= 0.3 is 5.97 Å². The number of rotatable bonds is 6. The Bertz CT molecular complexity index is 628. The van der Waals surface area contributed by atoms with E-state index in [1.165, 1.54) is 25.3 Å². The van der Waals surface area contributed by atoms with Gasteiger partial charge in [-0.15, -0.1) is 0 Å². The van der Waals surface area contributed by atoms with Gasteiger partial charge in [0.2, 0.25) is 0 Å². The molecule has 0 radical (unpaired) electrons. The van der Waals surface area contributed by atoms with Crippen LogP contribution in [0, 0.1) is 5.82 Å². The maximum Gasteiger partial charge on any atom is 0.337 e. The molecule has 0 aliphatic heterocycles. The highest BCUT2D eigenvalue weighted by atomic mass is 19.1. The molecule has 0 saturated carbocycles. The number of ether oxygens (including phenoxy) is 1. The Labute approximate surface area is 121 Å². The van der Waals surface area contributed by atoms with E-state index in [4.69, 9.17) is 5.11 Å². The van der Waals surface area contributed by atoms with Gasteiger partial charge in [0.1, 0.15) is 5.82 Å². The Hall–Kier alpha value is -2.41. The number of carbonyl (C=O) groups excluding carboxylic acids is 1. The van der Waals surface area contributed by atoms with E-state index < -0.39 is 11.8 Å². The first kappa shape index (κ1) is 15.0. The van der Waals surface area contributed by atoms with Gasteiger partial charge in [0, 0.05) is 18.3 Å². The lowest BCUT2D eigenvalue weighted by Crippen LogP contribution is -2.05. The Morgan fingerprint density at radius 2 is 2.33 bits per heavy atom. The summed E-state index contributed by atoms with van der Waals surface area (Å²) in [6, 6.07) is 3.98.